The van der Waals surface area contributed by atoms with Crippen LogP contribution in [0.1, 0.15) is 0 Å². The standard InChI is InChI=1S/C15H15IN6O2S/c1-17-25(23,24)12-8-9-14(22(16)11-6-4-3-5-7-11)13(10-12)15-18-20-21(2)19-15/h3-10,17H,1-2H3. The Kier molecular flexibility index (Phi) is 5.01. The third kappa shape index (κ3) is 3.65. The summed E-state index contributed by atoms with van der Waals surface area (Å²) in [7, 11) is -0.553. The van der Waals surface area contributed by atoms with Gasteiger partial charge in [-0.2, -0.15) is 4.80 Å². The normalized spacial score (nSPS) is 11.5. The number of halogens is 1. The molecule has 0 aliphatic rings. The predicted octanol–water partition coefficient (Wildman–Crippen LogP) is 2.27. The minimum absolute atomic E-state index is 0.138. The van der Waals surface area contributed by atoms with Gasteiger partial charge < -0.3 is 0 Å². The summed E-state index contributed by atoms with van der Waals surface area (Å²) in [5, 5.41) is 12.1. The molecule has 1 heterocycles. The minimum atomic E-state index is -3.58. The summed E-state index contributed by atoms with van der Waals surface area (Å²) in [5.41, 5.74) is 2.27. The van der Waals surface area contributed by atoms with Crippen molar-refractivity contribution in [3.63, 3.8) is 0 Å². The first-order valence-electron chi connectivity index (χ1n) is 7.25. The van der Waals surface area contributed by atoms with Gasteiger partial charge in [0.15, 0.2) is 0 Å². The van der Waals surface area contributed by atoms with Crippen molar-refractivity contribution in [3.8, 4) is 11.4 Å². The van der Waals surface area contributed by atoms with Crippen LogP contribution in [-0.2, 0) is 17.1 Å². The first kappa shape index (κ1) is 17.8. The van der Waals surface area contributed by atoms with E-state index < -0.39 is 10.0 Å². The van der Waals surface area contributed by atoms with Crippen LogP contribution in [0.25, 0.3) is 11.4 Å². The molecule has 0 radical (unpaired) electrons. The third-order valence-electron chi connectivity index (χ3n) is 3.49. The zero-order chi connectivity index (χ0) is 18.0. The number of aromatic nitrogens is 4. The highest BCUT2D eigenvalue weighted by molar-refractivity contribution is 14.1. The van der Waals surface area contributed by atoms with Crippen LogP contribution in [0.4, 0.5) is 11.4 Å². The lowest BCUT2D eigenvalue weighted by atomic mass is 10.1. The van der Waals surface area contributed by atoms with Crippen LogP contribution >= 0.6 is 22.9 Å². The fraction of sp³-hybridized carbons (Fsp3) is 0.133. The van der Waals surface area contributed by atoms with Crippen LogP contribution in [0.5, 0.6) is 0 Å². The van der Waals surface area contributed by atoms with E-state index in [2.05, 4.69) is 43.0 Å². The van der Waals surface area contributed by atoms with Crippen molar-refractivity contribution < 1.29 is 8.42 Å². The molecule has 1 aromatic heterocycles. The van der Waals surface area contributed by atoms with Crippen molar-refractivity contribution in [3.05, 3.63) is 48.5 Å². The number of rotatable bonds is 5. The molecule has 3 rings (SSSR count). The molecule has 10 heteroatoms. The van der Waals surface area contributed by atoms with E-state index in [1.807, 2.05) is 33.4 Å². The van der Waals surface area contributed by atoms with E-state index in [0.717, 1.165) is 11.4 Å². The lowest BCUT2D eigenvalue weighted by Crippen LogP contribution is -2.18. The van der Waals surface area contributed by atoms with Gasteiger partial charge in [-0.25, -0.2) is 13.1 Å². The quantitative estimate of drug-likeness (QED) is 0.455. The van der Waals surface area contributed by atoms with Gasteiger partial charge in [0.05, 0.1) is 46.2 Å². The summed E-state index contributed by atoms with van der Waals surface area (Å²) < 4.78 is 28.5. The second kappa shape index (κ2) is 7.06. The molecule has 0 spiro atoms. The number of hydrogen-bond acceptors (Lipinski definition) is 6. The van der Waals surface area contributed by atoms with Gasteiger partial charge in [-0.05, 0) is 42.6 Å². The number of sulfonamides is 1. The van der Waals surface area contributed by atoms with E-state index in [9.17, 15) is 8.42 Å². The summed E-state index contributed by atoms with van der Waals surface area (Å²) in [6, 6.07) is 14.5. The molecule has 0 atom stereocenters. The van der Waals surface area contributed by atoms with Crippen LogP contribution in [0.3, 0.4) is 0 Å². The highest BCUT2D eigenvalue weighted by Gasteiger charge is 2.20. The zero-order valence-corrected chi connectivity index (χ0v) is 16.4. The van der Waals surface area contributed by atoms with Crippen LogP contribution < -0.4 is 7.84 Å². The molecule has 0 fully saturated rings. The Morgan fingerprint density at radius 2 is 1.88 bits per heavy atom. The monoisotopic (exact) mass is 470 g/mol. The second-order valence-electron chi connectivity index (χ2n) is 5.11. The molecule has 0 aliphatic heterocycles. The van der Waals surface area contributed by atoms with E-state index >= 15 is 0 Å². The van der Waals surface area contributed by atoms with E-state index in [1.54, 1.807) is 25.2 Å². The molecule has 130 valence electrons. The van der Waals surface area contributed by atoms with E-state index in [0.29, 0.717) is 11.4 Å². The summed E-state index contributed by atoms with van der Waals surface area (Å²) in [4.78, 5) is 1.47. The van der Waals surface area contributed by atoms with E-state index in [4.69, 9.17) is 0 Å². The highest BCUT2D eigenvalue weighted by atomic mass is 127. The maximum absolute atomic E-state index is 12.2. The molecule has 0 unspecified atom stereocenters. The molecule has 8 nitrogen and oxygen atoms in total. The molecule has 2 aromatic carbocycles. The lowest BCUT2D eigenvalue weighted by Gasteiger charge is -2.20. The van der Waals surface area contributed by atoms with Gasteiger partial charge in [-0.15, -0.1) is 10.2 Å². The van der Waals surface area contributed by atoms with Crippen molar-refractivity contribution in [2.75, 3.05) is 10.2 Å². The molecule has 0 amide bonds. The van der Waals surface area contributed by atoms with Crippen molar-refractivity contribution in [2.24, 2.45) is 7.05 Å². The predicted molar refractivity (Wildman–Crippen MR) is 103 cm³/mol. The van der Waals surface area contributed by atoms with Gasteiger partial charge in [0.25, 0.3) is 0 Å². The summed E-state index contributed by atoms with van der Waals surface area (Å²) in [5.74, 6) is 0.350. The zero-order valence-electron chi connectivity index (χ0n) is 13.5. The Labute approximate surface area is 159 Å². The van der Waals surface area contributed by atoms with Crippen LogP contribution in [0, 0.1) is 0 Å². The Hall–Kier alpha value is -2.05. The number of aryl methyl sites for hydroxylation is 1. The third-order valence-corrected chi connectivity index (χ3v) is 5.98. The number of para-hydroxylation sites is 1. The van der Waals surface area contributed by atoms with Gasteiger partial charge in [-0.1, -0.05) is 18.2 Å². The number of benzene rings is 2. The van der Waals surface area contributed by atoms with Crippen LogP contribution in [0.2, 0.25) is 0 Å². The molecule has 3 aromatic rings. The number of nitrogens with zero attached hydrogens (tertiary/aromatic N) is 5. The van der Waals surface area contributed by atoms with Crippen molar-refractivity contribution in [2.45, 2.75) is 4.90 Å². The molecule has 0 saturated heterocycles. The van der Waals surface area contributed by atoms with Gasteiger partial charge >= 0.3 is 0 Å². The molecular weight excluding hydrogens is 455 g/mol. The largest absolute Gasteiger partial charge is 0.282 e. The first-order valence-corrected chi connectivity index (χ1v) is 9.70. The summed E-state index contributed by atoms with van der Waals surface area (Å²) in [6.45, 7) is 0. The molecule has 1 N–H and O–H groups in total. The highest BCUT2D eigenvalue weighted by Crippen LogP contribution is 2.37. The van der Waals surface area contributed by atoms with Crippen molar-refractivity contribution in [1.29, 1.82) is 0 Å². The van der Waals surface area contributed by atoms with Crippen LogP contribution in [-0.4, -0.2) is 35.7 Å². The first-order chi connectivity index (χ1) is 11.9. The average molecular weight is 470 g/mol. The minimum Gasteiger partial charge on any atom is -0.282 e. The molecule has 25 heavy (non-hydrogen) atoms. The van der Waals surface area contributed by atoms with Gasteiger partial charge in [0, 0.05) is 5.56 Å². The number of nitrogens with one attached hydrogen (secondary N) is 1. The fourth-order valence-electron chi connectivity index (χ4n) is 2.24. The Bertz CT molecular complexity index is 990. The van der Waals surface area contributed by atoms with Crippen molar-refractivity contribution in [1.82, 2.24) is 24.9 Å². The Morgan fingerprint density at radius 1 is 1.16 bits per heavy atom. The average Bonchev–Trinajstić information content (AvgIpc) is 3.07. The number of hydrogen-bond donors (Lipinski definition) is 1. The van der Waals surface area contributed by atoms with Gasteiger partial charge in [0.1, 0.15) is 0 Å². The molecular formula is C15H15IN6O2S. The van der Waals surface area contributed by atoms with Crippen molar-refractivity contribution >= 4 is 44.3 Å². The van der Waals surface area contributed by atoms with Gasteiger partial charge in [0.2, 0.25) is 15.8 Å². The summed E-state index contributed by atoms with van der Waals surface area (Å²) >= 11 is 2.16. The Morgan fingerprint density at radius 3 is 2.48 bits per heavy atom. The topological polar surface area (TPSA) is 93.0 Å². The molecule has 0 aliphatic carbocycles. The Balaban J connectivity index is 2.18. The second-order valence-corrected chi connectivity index (χ2v) is 7.96. The van der Waals surface area contributed by atoms with Gasteiger partial charge in [-0.3, -0.25) is 3.11 Å². The van der Waals surface area contributed by atoms with E-state index in [-0.39, 0.29) is 4.90 Å². The number of tetrazole rings is 1. The lowest BCUT2D eigenvalue weighted by molar-refractivity contribution is 0.588. The molecule has 0 saturated carbocycles. The number of anilines is 2. The summed E-state index contributed by atoms with van der Waals surface area (Å²) in [6.07, 6.45) is 0. The fourth-order valence-corrected chi connectivity index (χ4v) is 3.74. The SMILES string of the molecule is CNS(=O)(=O)c1ccc(N(I)c2ccccc2)c(-c2nnn(C)n2)c1. The smallest absolute Gasteiger partial charge is 0.240 e. The van der Waals surface area contributed by atoms with E-state index in [1.165, 1.54) is 11.8 Å². The maximum atomic E-state index is 12.2. The van der Waals surface area contributed by atoms with Crippen LogP contribution in [0.15, 0.2) is 53.4 Å². The maximum Gasteiger partial charge on any atom is 0.240 e. The molecule has 0 bridgehead atoms.